The number of likely N-dealkylation sites (N-methyl/N-ethyl adjacent to an activating group) is 1. The van der Waals surface area contributed by atoms with Crippen molar-refractivity contribution >= 4 is 55.5 Å². The van der Waals surface area contributed by atoms with Crippen LogP contribution in [0.4, 0.5) is 30.2 Å². The average molecular weight is 956 g/mol. The number of amides is 2. The summed E-state index contributed by atoms with van der Waals surface area (Å²) in [6.45, 7) is 10.2. The van der Waals surface area contributed by atoms with E-state index >= 15 is 0 Å². The molecule has 2 aliphatic heterocycles. The number of H-pyrrole nitrogens is 1. The number of hydrogen-bond donors (Lipinski definition) is 4. The van der Waals surface area contributed by atoms with Gasteiger partial charge >= 0.3 is 6.18 Å². The number of nitrogens with two attached hydrogens (primary N) is 1. The van der Waals surface area contributed by atoms with Gasteiger partial charge in [0.2, 0.25) is 5.91 Å². The number of halogens is 3. The minimum absolute atomic E-state index is 0.00574. The molecule has 2 amide bonds. The number of ether oxygens (including phenoxy) is 1. The molecule has 5 N–H and O–H groups in total. The number of carbonyl (C=O) groups is 2. The number of piperidine rings is 1. The van der Waals surface area contributed by atoms with Crippen LogP contribution >= 0.6 is 0 Å². The lowest BCUT2D eigenvalue weighted by Crippen LogP contribution is -2.47. The van der Waals surface area contributed by atoms with Crippen molar-refractivity contribution in [2.45, 2.75) is 57.0 Å². The summed E-state index contributed by atoms with van der Waals surface area (Å²) >= 11 is 0. The molecule has 2 aromatic heterocycles. The smallest absolute Gasteiger partial charge is 0.416 e. The van der Waals surface area contributed by atoms with Gasteiger partial charge in [-0.1, -0.05) is 31.6 Å². The van der Waals surface area contributed by atoms with Crippen LogP contribution in [0.5, 0.6) is 11.5 Å². The molecule has 3 aromatic carbocycles. The lowest BCUT2D eigenvalue weighted by atomic mass is 9.72. The topological polar surface area (TPSA) is 169 Å². The number of allylic oxidation sites excluding steroid dienone is 1. The van der Waals surface area contributed by atoms with Gasteiger partial charge in [0.1, 0.15) is 17.1 Å². The molecule has 5 aromatic rings. The Morgan fingerprint density at radius 2 is 1.69 bits per heavy atom. The van der Waals surface area contributed by atoms with E-state index in [-0.39, 0.29) is 33.2 Å². The molecule has 1 aliphatic carbocycles. The molecule has 0 bridgehead atoms. The number of pyridine rings is 1. The number of sulfonamides is 1. The van der Waals surface area contributed by atoms with Crippen LogP contribution in [0, 0.1) is 11.3 Å². The van der Waals surface area contributed by atoms with Crippen molar-refractivity contribution in [3.63, 3.8) is 0 Å². The Labute approximate surface area is 395 Å². The Morgan fingerprint density at radius 3 is 2.38 bits per heavy atom. The minimum Gasteiger partial charge on any atom is -0.455 e. The number of benzene rings is 3. The van der Waals surface area contributed by atoms with E-state index in [1.54, 1.807) is 48.7 Å². The lowest BCUT2D eigenvalue weighted by Gasteiger charge is -2.39. The first-order valence-corrected chi connectivity index (χ1v) is 24.5. The Kier molecular flexibility index (Phi) is 14.1. The zero-order valence-electron chi connectivity index (χ0n) is 39.0. The van der Waals surface area contributed by atoms with Crippen LogP contribution in [0.15, 0.2) is 95.7 Å². The monoisotopic (exact) mass is 955 g/mol. The summed E-state index contributed by atoms with van der Waals surface area (Å²) in [5.41, 5.74) is 11.1. The number of anilines is 3. The predicted octanol–water partition coefficient (Wildman–Crippen LogP) is 8.07. The van der Waals surface area contributed by atoms with Crippen molar-refractivity contribution in [1.29, 1.82) is 0 Å². The molecule has 4 heterocycles. The number of aromatic amines is 1. The SMILES string of the molecule is CN(C)CC(=O)N1CCC(CNc2ccc(S(=O)(=O)NC(=O)c3ccc(N4CCN(CC5=C(c6ccc(C(F)(F)F)cc6)CC(C)(C)CC5)CC4)cc3Oc3cnc4[nH]ccc4c3)cc2N)CC1. The summed E-state index contributed by atoms with van der Waals surface area (Å²) in [5.74, 6) is 0.0171. The van der Waals surface area contributed by atoms with Crippen LogP contribution in [0.3, 0.4) is 0 Å². The molecule has 362 valence electrons. The van der Waals surface area contributed by atoms with Crippen LogP contribution in [0.2, 0.25) is 0 Å². The van der Waals surface area contributed by atoms with E-state index in [0.717, 1.165) is 54.3 Å². The zero-order chi connectivity index (χ0) is 48.4. The molecule has 0 spiro atoms. The number of nitrogens with one attached hydrogen (secondary N) is 3. The fraction of sp³-hybridized carbons (Fsp3) is 0.420. The largest absolute Gasteiger partial charge is 0.455 e. The van der Waals surface area contributed by atoms with Gasteiger partial charge in [0.05, 0.1) is 40.1 Å². The number of alkyl halides is 3. The van der Waals surface area contributed by atoms with Gasteiger partial charge in [-0.05, 0) is 123 Å². The highest BCUT2D eigenvalue weighted by molar-refractivity contribution is 7.90. The van der Waals surface area contributed by atoms with E-state index in [2.05, 4.69) is 43.7 Å². The van der Waals surface area contributed by atoms with E-state index in [9.17, 15) is 31.2 Å². The lowest BCUT2D eigenvalue weighted by molar-refractivity contribution is -0.137. The first-order chi connectivity index (χ1) is 32.3. The van der Waals surface area contributed by atoms with Crippen LogP contribution in [0.1, 0.15) is 67.4 Å². The Balaban J connectivity index is 0.945. The number of carbonyl (C=O) groups excluding carboxylic acids is 2. The maximum Gasteiger partial charge on any atom is 0.416 e. The third kappa shape index (κ3) is 11.6. The molecular weight excluding hydrogens is 896 g/mol. The Bertz CT molecular complexity index is 2780. The van der Waals surface area contributed by atoms with Gasteiger partial charge in [-0.15, -0.1) is 0 Å². The number of nitrogens with zero attached hydrogens (tertiary/aromatic N) is 5. The highest BCUT2D eigenvalue weighted by Crippen LogP contribution is 2.44. The number of aromatic nitrogens is 2. The van der Waals surface area contributed by atoms with Crippen molar-refractivity contribution in [3.8, 4) is 11.5 Å². The third-order valence-corrected chi connectivity index (χ3v) is 14.6. The average Bonchev–Trinajstić information content (AvgIpc) is 3.77. The van der Waals surface area contributed by atoms with Crippen molar-refractivity contribution in [1.82, 2.24) is 29.4 Å². The van der Waals surface area contributed by atoms with Gasteiger partial charge in [0.15, 0.2) is 0 Å². The van der Waals surface area contributed by atoms with Crippen LogP contribution in [0.25, 0.3) is 16.6 Å². The quantitative estimate of drug-likeness (QED) is 0.0795. The molecule has 68 heavy (non-hydrogen) atoms. The second kappa shape index (κ2) is 19.9. The number of likely N-dealkylation sites (tertiary alicyclic amines) is 1. The van der Waals surface area contributed by atoms with Gasteiger partial charge in [0.25, 0.3) is 15.9 Å². The molecule has 0 saturated carbocycles. The van der Waals surface area contributed by atoms with Crippen molar-refractivity contribution in [2.75, 3.05) is 88.9 Å². The van der Waals surface area contributed by atoms with Crippen LogP contribution < -0.4 is 25.4 Å². The minimum atomic E-state index is -4.39. The standard InChI is InChI=1S/C50H60F3N9O5S/c1-49(2)17-13-36(42(28-49)34-5-7-37(8-6-34)50(51,52)53)31-60-21-23-61(24-22-60)38-9-11-41(45(26-38)67-39-25-35-14-18-55-47(35)57-30-39)48(64)58-68(65,66)40-10-12-44(43(54)27-40)56-29-33-15-19-62(20-16-33)46(63)32-59(3)4/h5-12,14,18,25-27,30,33,56H,13,15-17,19-24,28-29,31-32,54H2,1-4H3,(H,55,57)(H,58,64). The highest BCUT2D eigenvalue weighted by atomic mass is 32.2. The number of hydrogen-bond acceptors (Lipinski definition) is 11. The number of piperazine rings is 1. The summed E-state index contributed by atoms with van der Waals surface area (Å²) < 4.78 is 76.2. The van der Waals surface area contributed by atoms with Gasteiger partial charge in [-0.2, -0.15) is 13.2 Å². The fourth-order valence-electron chi connectivity index (χ4n) is 9.31. The third-order valence-electron chi connectivity index (χ3n) is 13.3. The maximum atomic E-state index is 14.0. The number of fused-ring (bicyclic) bond motifs is 1. The summed E-state index contributed by atoms with van der Waals surface area (Å²) in [6.07, 6.45) is 3.20. The van der Waals surface area contributed by atoms with Gasteiger partial charge < -0.3 is 35.5 Å². The van der Waals surface area contributed by atoms with Crippen LogP contribution in [-0.4, -0.2) is 118 Å². The van der Waals surface area contributed by atoms with E-state index in [0.29, 0.717) is 81.9 Å². The molecule has 3 aliphatic rings. The summed E-state index contributed by atoms with van der Waals surface area (Å²) in [7, 11) is -0.641. The Morgan fingerprint density at radius 1 is 0.956 bits per heavy atom. The van der Waals surface area contributed by atoms with Crippen molar-refractivity contribution < 1.29 is 35.9 Å². The second-order valence-corrected chi connectivity index (χ2v) is 20.9. The zero-order valence-corrected chi connectivity index (χ0v) is 39.8. The predicted molar refractivity (Wildman–Crippen MR) is 259 cm³/mol. The second-order valence-electron chi connectivity index (χ2n) is 19.3. The number of nitrogen functional groups attached to an aromatic ring is 1. The summed E-state index contributed by atoms with van der Waals surface area (Å²) in [4.78, 5) is 42.0. The first-order valence-electron chi connectivity index (χ1n) is 23.0. The van der Waals surface area contributed by atoms with Gasteiger partial charge in [-0.25, -0.2) is 18.1 Å². The molecule has 0 atom stereocenters. The molecule has 0 radical (unpaired) electrons. The first kappa shape index (κ1) is 48.4. The molecule has 8 rings (SSSR count). The Hall–Kier alpha value is -6.11. The van der Waals surface area contributed by atoms with Crippen LogP contribution in [-0.2, 0) is 21.0 Å². The molecule has 2 saturated heterocycles. The van der Waals surface area contributed by atoms with Gasteiger partial charge in [0, 0.05) is 75.7 Å². The maximum absolute atomic E-state index is 14.0. The van der Waals surface area contributed by atoms with E-state index in [1.807, 2.05) is 30.0 Å². The van der Waals surface area contributed by atoms with E-state index in [1.165, 1.54) is 36.0 Å². The highest BCUT2D eigenvalue weighted by Gasteiger charge is 2.33. The van der Waals surface area contributed by atoms with Gasteiger partial charge in [-0.3, -0.25) is 14.5 Å². The van der Waals surface area contributed by atoms with Crippen molar-refractivity contribution in [2.24, 2.45) is 11.3 Å². The van der Waals surface area contributed by atoms with E-state index in [4.69, 9.17) is 10.5 Å². The summed E-state index contributed by atoms with van der Waals surface area (Å²) in [5, 5.41) is 4.12. The molecule has 14 nitrogen and oxygen atoms in total. The molecule has 2 fully saturated rings. The molecule has 18 heteroatoms. The normalized spacial score (nSPS) is 17.5. The number of rotatable bonds is 14. The molecular formula is C50H60F3N9O5S. The fourth-order valence-corrected chi connectivity index (χ4v) is 10.3. The summed E-state index contributed by atoms with van der Waals surface area (Å²) in [6, 6.07) is 18.5. The van der Waals surface area contributed by atoms with E-state index < -0.39 is 27.7 Å². The van der Waals surface area contributed by atoms with Crippen molar-refractivity contribution in [3.05, 3.63) is 107 Å². The molecule has 0 unspecified atom stereocenters.